The zero-order valence-corrected chi connectivity index (χ0v) is 19.0. The second-order valence-corrected chi connectivity index (χ2v) is 9.77. The van der Waals surface area contributed by atoms with Crippen LogP contribution >= 0.6 is 0 Å². The number of anilines is 1. The Hall–Kier alpha value is -3.57. The molecule has 1 aliphatic rings. The standard InChI is InChI=1S/C18H18N6O8S2/c1-10-18(17(26)23-21-10,11-3-2-4-12(7-11)20-16(25)9-19)24-22-14-8-13(33(27,28)29)5-6-15(14)34(30,31)32/h2-8H,9,19H2,1H3,(H,20,25)(H,23,26)(H,27,28,29)(H,30,31,32). The minimum absolute atomic E-state index is 0.0860. The number of nitrogens with two attached hydrogens (primary N) is 1. The molecule has 1 aliphatic heterocycles. The highest BCUT2D eigenvalue weighted by atomic mass is 32.2. The van der Waals surface area contributed by atoms with Crippen LogP contribution in [-0.4, -0.2) is 50.0 Å². The van der Waals surface area contributed by atoms with Crippen LogP contribution < -0.4 is 16.5 Å². The van der Waals surface area contributed by atoms with Crippen molar-refractivity contribution in [2.24, 2.45) is 21.1 Å². The number of amides is 2. The van der Waals surface area contributed by atoms with E-state index in [9.17, 15) is 35.5 Å². The summed E-state index contributed by atoms with van der Waals surface area (Å²) in [7, 11) is -9.66. The lowest BCUT2D eigenvalue weighted by atomic mass is 9.86. The summed E-state index contributed by atoms with van der Waals surface area (Å²) >= 11 is 0. The quantitative estimate of drug-likeness (QED) is 0.258. The molecule has 1 unspecified atom stereocenters. The van der Waals surface area contributed by atoms with Gasteiger partial charge < -0.3 is 11.1 Å². The van der Waals surface area contributed by atoms with Crippen LogP contribution in [-0.2, 0) is 35.4 Å². The number of hydrogen-bond acceptors (Lipinski definition) is 10. The third kappa shape index (κ3) is 4.85. The van der Waals surface area contributed by atoms with Gasteiger partial charge >= 0.3 is 0 Å². The third-order valence-electron chi connectivity index (χ3n) is 4.74. The van der Waals surface area contributed by atoms with Gasteiger partial charge in [-0.2, -0.15) is 32.2 Å². The molecule has 0 radical (unpaired) electrons. The van der Waals surface area contributed by atoms with Crippen molar-refractivity contribution in [3.05, 3.63) is 48.0 Å². The van der Waals surface area contributed by atoms with Crippen molar-refractivity contribution in [1.29, 1.82) is 0 Å². The molecule has 14 nitrogen and oxygen atoms in total. The van der Waals surface area contributed by atoms with E-state index in [-0.39, 0.29) is 23.5 Å². The third-order valence-corrected chi connectivity index (χ3v) is 6.49. The van der Waals surface area contributed by atoms with E-state index >= 15 is 0 Å². The number of carbonyl (C=O) groups is 2. The number of azo groups is 1. The van der Waals surface area contributed by atoms with Gasteiger partial charge in [-0.3, -0.25) is 18.7 Å². The van der Waals surface area contributed by atoms with Crippen LogP contribution in [0.15, 0.2) is 67.6 Å². The van der Waals surface area contributed by atoms with E-state index in [2.05, 4.69) is 26.1 Å². The largest absolute Gasteiger partial charge is 0.325 e. The fourth-order valence-electron chi connectivity index (χ4n) is 3.09. The van der Waals surface area contributed by atoms with Gasteiger partial charge in [0.05, 0.1) is 17.2 Å². The molecule has 0 aliphatic carbocycles. The van der Waals surface area contributed by atoms with Crippen molar-refractivity contribution in [1.82, 2.24) is 5.43 Å². The fourth-order valence-corrected chi connectivity index (χ4v) is 4.20. The Morgan fingerprint density at radius 3 is 2.41 bits per heavy atom. The van der Waals surface area contributed by atoms with Gasteiger partial charge in [0, 0.05) is 5.69 Å². The predicted molar refractivity (Wildman–Crippen MR) is 118 cm³/mol. The number of nitrogens with zero attached hydrogens (tertiary/aromatic N) is 3. The molecule has 0 aromatic heterocycles. The van der Waals surface area contributed by atoms with Crippen molar-refractivity contribution < 1.29 is 35.5 Å². The second kappa shape index (κ2) is 8.99. The first-order chi connectivity index (χ1) is 15.8. The van der Waals surface area contributed by atoms with E-state index in [0.29, 0.717) is 12.1 Å². The Balaban J connectivity index is 2.21. The molecule has 0 fully saturated rings. The number of carbonyl (C=O) groups excluding carboxylic acids is 2. The van der Waals surface area contributed by atoms with Crippen LogP contribution in [0, 0.1) is 0 Å². The molecule has 1 heterocycles. The minimum Gasteiger partial charge on any atom is -0.325 e. The first-order valence-electron chi connectivity index (χ1n) is 9.26. The Kier molecular flexibility index (Phi) is 6.63. The van der Waals surface area contributed by atoms with Crippen LogP contribution in [0.2, 0.25) is 0 Å². The monoisotopic (exact) mass is 510 g/mol. The fraction of sp³-hybridized carbons (Fsp3) is 0.167. The van der Waals surface area contributed by atoms with E-state index in [1.807, 2.05) is 0 Å². The van der Waals surface area contributed by atoms with Gasteiger partial charge in [-0.15, -0.1) is 0 Å². The van der Waals surface area contributed by atoms with Crippen molar-refractivity contribution in [3.8, 4) is 0 Å². The maximum Gasteiger partial charge on any atom is 0.296 e. The zero-order valence-electron chi connectivity index (χ0n) is 17.3. The zero-order chi connectivity index (χ0) is 25.3. The second-order valence-electron chi connectivity index (χ2n) is 6.96. The van der Waals surface area contributed by atoms with Gasteiger partial charge in [0.2, 0.25) is 11.4 Å². The van der Waals surface area contributed by atoms with Gasteiger partial charge in [0.15, 0.2) is 0 Å². The summed E-state index contributed by atoms with van der Waals surface area (Å²) in [6, 6.07) is 8.00. The number of rotatable bonds is 7. The summed E-state index contributed by atoms with van der Waals surface area (Å²) in [4.78, 5) is 22.9. The van der Waals surface area contributed by atoms with Crippen LogP contribution in [0.5, 0.6) is 0 Å². The van der Waals surface area contributed by atoms with E-state index in [0.717, 1.165) is 6.07 Å². The first kappa shape index (κ1) is 25.1. The van der Waals surface area contributed by atoms with Crippen LogP contribution in [0.3, 0.4) is 0 Å². The molecule has 2 amide bonds. The summed E-state index contributed by atoms with van der Waals surface area (Å²) < 4.78 is 65.3. The van der Waals surface area contributed by atoms with Crippen LogP contribution in [0.1, 0.15) is 12.5 Å². The molecule has 1 atom stereocenters. The van der Waals surface area contributed by atoms with Crippen LogP contribution in [0.4, 0.5) is 11.4 Å². The average Bonchev–Trinajstić information content (AvgIpc) is 3.05. The highest BCUT2D eigenvalue weighted by Crippen LogP contribution is 2.36. The van der Waals surface area contributed by atoms with E-state index in [4.69, 9.17) is 5.73 Å². The molecule has 0 saturated heterocycles. The first-order valence-corrected chi connectivity index (χ1v) is 12.1. The van der Waals surface area contributed by atoms with Gasteiger partial charge in [0.25, 0.3) is 26.1 Å². The Morgan fingerprint density at radius 1 is 1.15 bits per heavy atom. The molecule has 3 rings (SSSR count). The lowest BCUT2D eigenvalue weighted by Gasteiger charge is -2.22. The Morgan fingerprint density at radius 2 is 1.85 bits per heavy atom. The van der Waals surface area contributed by atoms with Gasteiger partial charge in [-0.05, 0) is 42.8 Å². The molecule has 180 valence electrons. The molecular weight excluding hydrogens is 492 g/mol. The highest BCUT2D eigenvalue weighted by Gasteiger charge is 2.48. The maximum absolute atomic E-state index is 12.8. The summed E-state index contributed by atoms with van der Waals surface area (Å²) in [5, 5.41) is 14.1. The topological polar surface area (TPSA) is 230 Å². The Labute approximate surface area is 193 Å². The van der Waals surface area contributed by atoms with Gasteiger partial charge in [0.1, 0.15) is 10.6 Å². The molecule has 2 aromatic rings. The normalized spacial score (nSPS) is 18.6. The van der Waals surface area contributed by atoms with Gasteiger partial charge in [-0.25, -0.2) is 5.43 Å². The summed E-state index contributed by atoms with van der Waals surface area (Å²) in [6.45, 7) is 1.14. The number of hydrogen-bond donors (Lipinski definition) is 5. The van der Waals surface area contributed by atoms with E-state index < -0.39 is 53.1 Å². The molecule has 0 spiro atoms. The van der Waals surface area contributed by atoms with Crippen molar-refractivity contribution in [2.45, 2.75) is 22.3 Å². The van der Waals surface area contributed by atoms with E-state index in [1.165, 1.54) is 31.2 Å². The highest BCUT2D eigenvalue weighted by molar-refractivity contribution is 7.86. The molecule has 2 aromatic carbocycles. The van der Waals surface area contributed by atoms with Crippen LogP contribution in [0.25, 0.3) is 0 Å². The summed E-state index contributed by atoms with van der Waals surface area (Å²) in [5.41, 5.74) is 5.44. The van der Waals surface area contributed by atoms with Crippen molar-refractivity contribution in [2.75, 3.05) is 11.9 Å². The lowest BCUT2D eigenvalue weighted by Crippen LogP contribution is -2.39. The molecule has 16 heteroatoms. The predicted octanol–water partition coefficient (Wildman–Crippen LogP) is 0.562. The smallest absolute Gasteiger partial charge is 0.296 e. The van der Waals surface area contributed by atoms with Crippen molar-refractivity contribution in [3.63, 3.8) is 0 Å². The average molecular weight is 511 g/mol. The van der Waals surface area contributed by atoms with Crippen molar-refractivity contribution >= 4 is 49.1 Å². The SMILES string of the molecule is CC1=NNC(=O)C1(N=Nc1cc(S(=O)(=O)O)ccc1S(=O)(=O)O)c1cccc(NC(=O)CN)c1. The number of benzene rings is 2. The number of nitrogens with one attached hydrogen (secondary N) is 2. The summed E-state index contributed by atoms with van der Waals surface area (Å²) in [5.74, 6) is -1.29. The molecule has 6 N–H and O–H groups in total. The minimum atomic E-state index is -4.90. The summed E-state index contributed by atoms with van der Waals surface area (Å²) in [6.07, 6.45) is 0. The van der Waals surface area contributed by atoms with Gasteiger partial charge in [-0.1, -0.05) is 12.1 Å². The molecular formula is C18H18N6O8S2. The lowest BCUT2D eigenvalue weighted by molar-refractivity contribution is -0.123. The Bertz CT molecular complexity index is 1450. The molecule has 34 heavy (non-hydrogen) atoms. The molecule has 0 saturated carbocycles. The molecule has 0 bridgehead atoms. The van der Waals surface area contributed by atoms with E-state index in [1.54, 1.807) is 0 Å². The number of hydrazone groups is 1. The maximum atomic E-state index is 12.8.